The molecule has 1 saturated heterocycles. The van der Waals surface area contributed by atoms with Gasteiger partial charge >= 0.3 is 0 Å². The Morgan fingerprint density at radius 1 is 0.971 bits per heavy atom. The number of H-pyrrole nitrogens is 1. The number of carbonyl (C=O) groups excluding carboxylic acids is 1. The standard InChI is InChI=1S/C29H33Cl2N3O/c30-26-5-3-6-27(31)24(26)12-13-29(35)33-22-10-8-20(9-11-22)19-34-16-14-21(15-17-34)25-18-32-28-7-2-1-4-23(25)28/h1-7,12-13,18,20-22,32H,8-11,14-17,19H2,(H,33,35)/b13-12+. The van der Waals surface area contributed by atoms with Crippen molar-refractivity contribution in [3.05, 3.63) is 75.9 Å². The van der Waals surface area contributed by atoms with Gasteiger partial charge in [0.1, 0.15) is 0 Å². The Balaban J connectivity index is 1.05. The van der Waals surface area contributed by atoms with Gasteiger partial charge in [0.25, 0.3) is 0 Å². The number of para-hydroxylation sites is 1. The highest BCUT2D eigenvalue weighted by Gasteiger charge is 2.27. The molecule has 0 spiro atoms. The van der Waals surface area contributed by atoms with Crippen LogP contribution in [-0.4, -0.2) is 41.5 Å². The zero-order valence-electron chi connectivity index (χ0n) is 20.0. The van der Waals surface area contributed by atoms with Crippen LogP contribution in [-0.2, 0) is 4.79 Å². The van der Waals surface area contributed by atoms with Crippen molar-refractivity contribution in [3.8, 4) is 0 Å². The zero-order valence-corrected chi connectivity index (χ0v) is 21.5. The molecule has 0 unspecified atom stereocenters. The second-order valence-electron chi connectivity index (χ2n) is 10.1. The number of halogens is 2. The minimum atomic E-state index is -0.0798. The van der Waals surface area contributed by atoms with E-state index in [2.05, 4.69) is 45.7 Å². The van der Waals surface area contributed by atoms with Gasteiger partial charge in [0.2, 0.25) is 5.91 Å². The molecule has 2 heterocycles. The third kappa shape index (κ3) is 5.94. The number of hydrogen-bond donors (Lipinski definition) is 2. The second kappa shape index (κ2) is 11.2. The van der Waals surface area contributed by atoms with Gasteiger partial charge in [-0.25, -0.2) is 0 Å². The lowest BCUT2D eigenvalue weighted by atomic mass is 9.84. The summed E-state index contributed by atoms with van der Waals surface area (Å²) in [6.07, 6.45) is 12.4. The smallest absolute Gasteiger partial charge is 0.244 e. The first-order valence-electron chi connectivity index (χ1n) is 12.8. The monoisotopic (exact) mass is 509 g/mol. The van der Waals surface area contributed by atoms with Crippen molar-refractivity contribution in [1.29, 1.82) is 0 Å². The molecule has 1 saturated carbocycles. The van der Waals surface area contributed by atoms with Gasteiger partial charge < -0.3 is 15.2 Å². The van der Waals surface area contributed by atoms with E-state index in [9.17, 15) is 4.79 Å². The Hall–Kier alpha value is -2.27. The fourth-order valence-electron chi connectivity index (χ4n) is 5.79. The van der Waals surface area contributed by atoms with Crippen molar-refractivity contribution in [3.63, 3.8) is 0 Å². The highest BCUT2D eigenvalue weighted by atomic mass is 35.5. The number of benzene rings is 2. The van der Waals surface area contributed by atoms with Crippen LogP contribution in [0.2, 0.25) is 10.0 Å². The number of nitrogens with zero attached hydrogens (tertiary/aromatic N) is 1. The maximum atomic E-state index is 12.4. The van der Waals surface area contributed by atoms with Crippen molar-refractivity contribution < 1.29 is 4.79 Å². The van der Waals surface area contributed by atoms with E-state index in [1.54, 1.807) is 24.3 Å². The van der Waals surface area contributed by atoms with Crippen LogP contribution in [0.25, 0.3) is 17.0 Å². The van der Waals surface area contributed by atoms with Gasteiger partial charge in [0.15, 0.2) is 0 Å². The van der Waals surface area contributed by atoms with Crippen molar-refractivity contribution in [1.82, 2.24) is 15.2 Å². The average Bonchev–Trinajstić information content (AvgIpc) is 3.30. The van der Waals surface area contributed by atoms with E-state index in [1.807, 2.05) is 0 Å². The first-order chi connectivity index (χ1) is 17.1. The minimum Gasteiger partial charge on any atom is -0.361 e. The van der Waals surface area contributed by atoms with E-state index >= 15 is 0 Å². The van der Waals surface area contributed by atoms with Crippen molar-refractivity contribution in [2.75, 3.05) is 19.6 Å². The summed E-state index contributed by atoms with van der Waals surface area (Å²) >= 11 is 12.4. The molecule has 0 atom stereocenters. The molecule has 184 valence electrons. The Kier molecular flexibility index (Phi) is 7.81. The fourth-order valence-corrected chi connectivity index (χ4v) is 6.31. The molecule has 1 aliphatic heterocycles. The topological polar surface area (TPSA) is 48.1 Å². The van der Waals surface area contributed by atoms with Gasteiger partial charge in [0.05, 0.1) is 0 Å². The molecular weight excluding hydrogens is 477 g/mol. The largest absolute Gasteiger partial charge is 0.361 e. The van der Waals surface area contributed by atoms with Crippen LogP contribution in [0.1, 0.15) is 55.6 Å². The molecule has 1 amide bonds. The summed E-state index contributed by atoms with van der Waals surface area (Å²) in [4.78, 5) is 18.5. The number of piperidine rings is 1. The van der Waals surface area contributed by atoms with Gasteiger partial charge in [-0.05, 0) is 93.3 Å². The summed E-state index contributed by atoms with van der Waals surface area (Å²) in [5.41, 5.74) is 3.42. The van der Waals surface area contributed by atoms with Crippen LogP contribution in [0.15, 0.2) is 54.7 Å². The number of carbonyl (C=O) groups is 1. The number of rotatable bonds is 6. The molecule has 4 nitrogen and oxygen atoms in total. The van der Waals surface area contributed by atoms with Gasteiger partial charge in [-0.2, -0.15) is 0 Å². The predicted octanol–water partition coefficient (Wildman–Crippen LogP) is 7.04. The molecule has 2 N–H and O–H groups in total. The third-order valence-corrected chi connectivity index (χ3v) is 8.42. The fraction of sp³-hybridized carbons (Fsp3) is 0.414. The Morgan fingerprint density at radius 3 is 2.43 bits per heavy atom. The highest BCUT2D eigenvalue weighted by molar-refractivity contribution is 6.37. The molecule has 2 fully saturated rings. The third-order valence-electron chi connectivity index (χ3n) is 7.76. The summed E-state index contributed by atoms with van der Waals surface area (Å²) in [7, 11) is 0. The number of likely N-dealkylation sites (tertiary alicyclic amines) is 1. The van der Waals surface area contributed by atoms with Crippen molar-refractivity contribution >= 4 is 46.1 Å². The van der Waals surface area contributed by atoms with Gasteiger partial charge in [-0.3, -0.25) is 4.79 Å². The Morgan fingerprint density at radius 2 is 1.69 bits per heavy atom. The Labute approximate surface area is 217 Å². The molecule has 0 radical (unpaired) electrons. The van der Waals surface area contributed by atoms with Gasteiger partial charge in [0, 0.05) is 51.4 Å². The van der Waals surface area contributed by atoms with Crippen LogP contribution in [0.3, 0.4) is 0 Å². The second-order valence-corrected chi connectivity index (χ2v) is 10.9. The maximum absolute atomic E-state index is 12.4. The average molecular weight is 511 g/mol. The first kappa shape index (κ1) is 24.4. The SMILES string of the molecule is O=C(/C=C/c1c(Cl)cccc1Cl)NC1CCC(CN2CCC(c3c[nH]c4ccccc34)CC2)CC1. The lowest BCUT2D eigenvalue weighted by molar-refractivity contribution is -0.117. The molecule has 2 aromatic carbocycles. The van der Waals surface area contributed by atoms with E-state index in [0.29, 0.717) is 21.5 Å². The quantitative estimate of drug-likeness (QED) is 0.350. The predicted molar refractivity (Wildman–Crippen MR) is 146 cm³/mol. The molecule has 2 aliphatic rings. The first-order valence-corrected chi connectivity index (χ1v) is 13.5. The van der Waals surface area contributed by atoms with Crippen molar-refractivity contribution in [2.45, 2.75) is 50.5 Å². The Bertz CT molecular complexity index is 1170. The molecular formula is C29H33Cl2N3O. The molecule has 35 heavy (non-hydrogen) atoms. The van der Waals surface area contributed by atoms with E-state index in [-0.39, 0.29) is 11.9 Å². The summed E-state index contributed by atoms with van der Waals surface area (Å²) < 4.78 is 0. The van der Waals surface area contributed by atoms with Crippen LogP contribution >= 0.6 is 23.2 Å². The maximum Gasteiger partial charge on any atom is 0.244 e. The zero-order chi connectivity index (χ0) is 24.2. The van der Waals surface area contributed by atoms with Crippen molar-refractivity contribution in [2.24, 2.45) is 5.92 Å². The molecule has 3 aromatic rings. The molecule has 0 bridgehead atoms. The minimum absolute atomic E-state index is 0.0798. The molecule has 6 heteroatoms. The molecule has 1 aliphatic carbocycles. The molecule has 5 rings (SSSR count). The number of aromatic amines is 1. The van der Waals surface area contributed by atoms with Gasteiger partial charge in [-0.15, -0.1) is 0 Å². The summed E-state index contributed by atoms with van der Waals surface area (Å²) in [6, 6.07) is 14.2. The van der Waals surface area contributed by atoms with Crippen LogP contribution < -0.4 is 5.32 Å². The van der Waals surface area contributed by atoms with Crippen LogP contribution in [0, 0.1) is 5.92 Å². The molecule has 1 aromatic heterocycles. The van der Waals surface area contributed by atoms with Crippen LogP contribution in [0.5, 0.6) is 0 Å². The van der Waals surface area contributed by atoms with E-state index in [1.165, 1.54) is 67.9 Å². The lowest BCUT2D eigenvalue weighted by Gasteiger charge is -2.36. The number of nitrogens with one attached hydrogen (secondary N) is 2. The lowest BCUT2D eigenvalue weighted by Crippen LogP contribution is -2.41. The van der Waals surface area contributed by atoms with Gasteiger partial charge in [-0.1, -0.05) is 47.5 Å². The van der Waals surface area contributed by atoms with E-state index in [4.69, 9.17) is 23.2 Å². The highest BCUT2D eigenvalue weighted by Crippen LogP contribution is 2.34. The summed E-state index contributed by atoms with van der Waals surface area (Å²) in [6.45, 7) is 3.54. The van der Waals surface area contributed by atoms with Crippen LogP contribution in [0.4, 0.5) is 0 Å². The van der Waals surface area contributed by atoms with E-state index in [0.717, 1.165) is 18.8 Å². The summed E-state index contributed by atoms with van der Waals surface area (Å²) in [5.74, 6) is 1.30. The number of hydrogen-bond acceptors (Lipinski definition) is 2. The summed E-state index contributed by atoms with van der Waals surface area (Å²) in [5, 5.41) is 5.64. The normalized spacial score (nSPS) is 22.1. The number of aromatic nitrogens is 1. The number of amides is 1. The van der Waals surface area contributed by atoms with E-state index < -0.39 is 0 Å². The number of fused-ring (bicyclic) bond motifs is 1.